The number of cyclic esters (lactones) is 1. The lowest BCUT2D eigenvalue weighted by Crippen LogP contribution is -2.63. The van der Waals surface area contributed by atoms with Gasteiger partial charge in [0, 0.05) is 45.5 Å². The van der Waals surface area contributed by atoms with E-state index in [1.54, 1.807) is 19.3 Å². The van der Waals surface area contributed by atoms with Crippen molar-refractivity contribution in [3.05, 3.63) is 23.8 Å². The average Bonchev–Trinajstić information content (AvgIpc) is 3.21. The van der Waals surface area contributed by atoms with E-state index in [1.165, 1.54) is 27.6 Å². The summed E-state index contributed by atoms with van der Waals surface area (Å²) in [7, 11) is 8.40. The molecule has 0 saturated carbocycles. The number of nitrogens with zero attached hydrogens (tertiary/aromatic N) is 2. The first-order valence-corrected chi connectivity index (χ1v) is 22.2. The fourth-order valence-electron chi connectivity index (χ4n) is 9.53. The fraction of sp³-hybridized carbons (Fsp3) is 0.867. The van der Waals surface area contributed by atoms with Gasteiger partial charge in [-0.2, -0.15) is 0 Å². The van der Waals surface area contributed by atoms with Gasteiger partial charge in [-0.25, -0.2) is 0 Å². The summed E-state index contributed by atoms with van der Waals surface area (Å²) in [6.45, 7) is 13.8. The SMILES string of the molecule is CCC1OC(=O)CC(O)C(C)C(OC2OC(C)C(OC)C(N(C)C)C2O)C(CCN2CCCCC2)CC(C)C(=O)/C=C/C(C)=C/C1COC1OC(C)(O)CC(OC)C1OC. The number of aliphatic hydroxyl groups excluding tert-OH is 2. The molecule has 0 radical (unpaired) electrons. The van der Waals surface area contributed by atoms with Gasteiger partial charge in [0.15, 0.2) is 24.2 Å². The third-order valence-electron chi connectivity index (χ3n) is 13.1. The van der Waals surface area contributed by atoms with Crippen LogP contribution in [-0.2, 0) is 47.5 Å². The van der Waals surface area contributed by atoms with Gasteiger partial charge in [0.1, 0.15) is 24.4 Å². The summed E-state index contributed by atoms with van der Waals surface area (Å²) in [5.41, 5.74) is 0.763. The highest BCUT2D eigenvalue weighted by Gasteiger charge is 2.49. The van der Waals surface area contributed by atoms with Gasteiger partial charge in [0.05, 0.1) is 43.5 Å². The van der Waals surface area contributed by atoms with Crippen LogP contribution in [0.3, 0.4) is 0 Å². The minimum Gasteiger partial charge on any atom is -0.462 e. The van der Waals surface area contributed by atoms with Gasteiger partial charge in [0.2, 0.25) is 0 Å². The van der Waals surface area contributed by atoms with Crippen molar-refractivity contribution in [1.29, 1.82) is 0 Å². The molecule has 0 aromatic rings. The molecule has 3 saturated heterocycles. The van der Waals surface area contributed by atoms with Crippen LogP contribution < -0.4 is 0 Å². The van der Waals surface area contributed by atoms with Crippen molar-refractivity contribution in [2.75, 3.05) is 61.7 Å². The monoisotopic (exact) mass is 855 g/mol. The zero-order valence-corrected chi connectivity index (χ0v) is 38.2. The lowest BCUT2D eigenvalue weighted by atomic mass is 9.79. The second-order valence-corrected chi connectivity index (χ2v) is 18.1. The van der Waals surface area contributed by atoms with Crippen LogP contribution in [0.4, 0.5) is 0 Å². The molecule has 15 nitrogen and oxygen atoms in total. The Balaban J connectivity index is 1.68. The van der Waals surface area contributed by atoms with Gasteiger partial charge in [-0.05, 0) is 98.6 Å². The van der Waals surface area contributed by atoms with Crippen molar-refractivity contribution in [2.24, 2.45) is 23.7 Å². The molecule has 0 bridgehead atoms. The summed E-state index contributed by atoms with van der Waals surface area (Å²) in [5, 5.41) is 34.6. The van der Waals surface area contributed by atoms with Crippen LogP contribution in [0.25, 0.3) is 0 Å². The van der Waals surface area contributed by atoms with Crippen molar-refractivity contribution < 1.29 is 62.8 Å². The van der Waals surface area contributed by atoms with E-state index in [2.05, 4.69) is 4.90 Å². The highest BCUT2D eigenvalue weighted by Crippen LogP contribution is 2.36. The quantitative estimate of drug-likeness (QED) is 0.228. The highest BCUT2D eigenvalue weighted by atomic mass is 16.8. The molecule has 16 unspecified atom stereocenters. The molecule has 0 aromatic heterocycles. The number of methoxy groups -OCH3 is 3. The molecule has 3 fully saturated rings. The van der Waals surface area contributed by atoms with Crippen LogP contribution in [-0.4, -0.2) is 172 Å². The number of ether oxygens (including phenoxy) is 8. The molecule has 0 aromatic carbocycles. The second kappa shape index (κ2) is 23.7. The third-order valence-corrected chi connectivity index (χ3v) is 13.1. The molecule has 0 aliphatic carbocycles. The van der Waals surface area contributed by atoms with Crippen LogP contribution in [0.1, 0.15) is 92.9 Å². The highest BCUT2D eigenvalue weighted by molar-refractivity contribution is 5.91. The van der Waals surface area contributed by atoms with Gasteiger partial charge in [-0.3, -0.25) is 9.59 Å². The van der Waals surface area contributed by atoms with Crippen molar-refractivity contribution in [1.82, 2.24) is 9.80 Å². The largest absolute Gasteiger partial charge is 0.462 e. The van der Waals surface area contributed by atoms with Gasteiger partial charge >= 0.3 is 5.97 Å². The molecule has 60 heavy (non-hydrogen) atoms. The van der Waals surface area contributed by atoms with E-state index in [9.17, 15) is 24.9 Å². The number of allylic oxidation sites excluding steroid dienone is 3. The molecule has 0 amide bonds. The predicted octanol–water partition coefficient (Wildman–Crippen LogP) is 3.85. The number of likely N-dealkylation sites (tertiary alicyclic amines) is 1. The van der Waals surface area contributed by atoms with Gasteiger partial charge in [-0.1, -0.05) is 44.9 Å². The number of likely N-dealkylation sites (N-methyl/N-ethyl adjacent to an activating group) is 1. The summed E-state index contributed by atoms with van der Waals surface area (Å²) in [6.07, 6.45) is 2.46. The number of ketones is 1. The molecule has 346 valence electrons. The Morgan fingerprint density at radius 3 is 2.25 bits per heavy atom. The number of hydrogen-bond acceptors (Lipinski definition) is 15. The van der Waals surface area contributed by atoms with E-state index in [0.717, 1.165) is 38.0 Å². The minimum absolute atomic E-state index is 0.0198. The van der Waals surface area contributed by atoms with E-state index in [4.69, 9.17) is 37.9 Å². The van der Waals surface area contributed by atoms with Crippen molar-refractivity contribution in [3.63, 3.8) is 0 Å². The average molecular weight is 855 g/mol. The molecule has 4 aliphatic heterocycles. The summed E-state index contributed by atoms with van der Waals surface area (Å²) >= 11 is 0. The maximum absolute atomic E-state index is 13.9. The number of carbonyl (C=O) groups excluding carboxylic acids is 2. The third kappa shape index (κ3) is 13.8. The van der Waals surface area contributed by atoms with E-state index in [0.29, 0.717) is 19.3 Å². The summed E-state index contributed by atoms with van der Waals surface area (Å²) in [4.78, 5) is 32.1. The molecule has 4 heterocycles. The number of esters is 1. The molecule has 3 N–H and O–H groups in total. The van der Waals surface area contributed by atoms with Crippen molar-refractivity contribution in [2.45, 2.75) is 166 Å². The molecule has 4 rings (SSSR count). The van der Waals surface area contributed by atoms with E-state index in [1.807, 2.05) is 59.7 Å². The van der Waals surface area contributed by atoms with Crippen LogP contribution in [0.2, 0.25) is 0 Å². The smallest absolute Gasteiger partial charge is 0.308 e. The van der Waals surface area contributed by atoms with Crippen molar-refractivity contribution in [3.8, 4) is 0 Å². The fourth-order valence-corrected chi connectivity index (χ4v) is 9.53. The van der Waals surface area contributed by atoms with Gasteiger partial charge in [0.25, 0.3) is 0 Å². The number of piperidine rings is 1. The normalized spacial score (nSPS) is 42.4. The first-order chi connectivity index (χ1) is 28.4. The maximum atomic E-state index is 13.9. The number of hydrogen-bond donors (Lipinski definition) is 3. The maximum Gasteiger partial charge on any atom is 0.308 e. The predicted molar refractivity (Wildman–Crippen MR) is 225 cm³/mol. The Kier molecular flexibility index (Phi) is 20.1. The second-order valence-electron chi connectivity index (χ2n) is 18.1. The molecular formula is C45H78N2O13. The summed E-state index contributed by atoms with van der Waals surface area (Å²) in [5.74, 6) is -3.95. The lowest BCUT2D eigenvalue weighted by Gasteiger charge is -2.48. The van der Waals surface area contributed by atoms with Crippen LogP contribution in [0.5, 0.6) is 0 Å². The van der Waals surface area contributed by atoms with Crippen LogP contribution in [0.15, 0.2) is 23.8 Å². The van der Waals surface area contributed by atoms with E-state index >= 15 is 0 Å². The first kappa shape index (κ1) is 50.8. The first-order valence-electron chi connectivity index (χ1n) is 22.2. The standard InChI is InChI=1S/C45H78N2O13/c1-12-35-32(26-56-44-42(55-11)36(53-9)25-45(6,52)60-44)22-27(2)16-17-33(48)28(3)23-31(18-21-47-19-14-13-15-20-47)40(29(4)34(49)24-37(50)58-35)59-43-39(51)38(46(7)8)41(54-10)30(5)57-43/h16-17,22,28-32,34-36,38-44,49,51-52H,12-15,18-21,23-26H2,1-11H3/b17-16+,27-22+. The minimum atomic E-state index is -1.52. The molecule has 0 spiro atoms. The zero-order chi connectivity index (χ0) is 44.3. The Morgan fingerprint density at radius 2 is 1.63 bits per heavy atom. The van der Waals surface area contributed by atoms with Gasteiger partial charge in [-0.15, -0.1) is 0 Å². The molecule has 4 aliphatic rings. The topological polar surface area (TPSA) is 175 Å². The number of carbonyl (C=O) groups is 2. The van der Waals surface area contributed by atoms with Crippen molar-refractivity contribution >= 4 is 11.8 Å². The van der Waals surface area contributed by atoms with Crippen LogP contribution >= 0.6 is 0 Å². The zero-order valence-electron chi connectivity index (χ0n) is 38.2. The Morgan fingerprint density at radius 1 is 0.950 bits per heavy atom. The Bertz CT molecular complexity index is 1390. The Hall–Kier alpha value is -1.86. The number of rotatable bonds is 13. The van der Waals surface area contributed by atoms with Crippen LogP contribution in [0, 0.1) is 23.7 Å². The molecule has 16 atom stereocenters. The molecular weight excluding hydrogens is 776 g/mol. The number of aliphatic hydroxyl groups is 3. The Labute approximate surface area is 359 Å². The van der Waals surface area contributed by atoms with E-state index in [-0.39, 0.29) is 31.1 Å². The summed E-state index contributed by atoms with van der Waals surface area (Å²) < 4.78 is 48.6. The summed E-state index contributed by atoms with van der Waals surface area (Å²) in [6, 6.07) is -0.443. The molecule has 15 heteroatoms. The van der Waals surface area contributed by atoms with Gasteiger partial charge < -0.3 is 63.0 Å². The van der Waals surface area contributed by atoms with E-state index < -0.39 is 97.0 Å². The lowest BCUT2D eigenvalue weighted by molar-refractivity contribution is -0.357.